The average molecular weight is 129 g/mol. The van der Waals surface area contributed by atoms with Gasteiger partial charge in [-0.3, -0.25) is 0 Å². The van der Waals surface area contributed by atoms with Crippen molar-refractivity contribution in [1.29, 1.82) is 0 Å². The third-order valence-electron chi connectivity index (χ3n) is 2.32. The van der Waals surface area contributed by atoms with Crippen molar-refractivity contribution < 1.29 is 0 Å². The molecule has 8 heavy (non-hydrogen) atoms. The summed E-state index contributed by atoms with van der Waals surface area (Å²) in [6, 6.07) is 0.896. The zero-order valence-corrected chi connectivity index (χ0v) is 5.70. The van der Waals surface area contributed by atoms with Crippen LogP contribution in [0.2, 0.25) is 0 Å². The largest absolute Gasteiger partial charge is 0.313 e. The molecule has 0 spiro atoms. The van der Waals surface area contributed by atoms with Gasteiger partial charge in [-0.05, 0) is 30.6 Å². The van der Waals surface area contributed by atoms with Gasteiger partial charge in [0.05, 0.1) is 0 Å². The molecule has 2 aliphatic rings. The van der Waals surface area contributed by atoms with Crippen molar-refractivity contribution in [2.75, 3.05) is 12.3 Å². The van der Waals surface area contributed by atoms with Gasteiger partial charge in [-0.25, -0.2) is 0 Å². The van der Waals surface area contributed by atoms with Crippen LogP contribution in [0.25, 0.3) is 0 Å². The fourth-order valence-corrected chi connectivity index (χ4v) is 2.02. The summed E-state index contributed by atoms with van der Waals surface area (Å²) in [7, 11) is 0. The van der Waals surface area contributed by atoms with Gasteiger partial charge in [0.15, 0.2) is 0 Å². The smallest absolute Gasteiger partial charge is 0.0103 e. The summed E-state index contributed by atoms with van der Waals surface area (Å²) in [4.78, 5) is 0. The molecular weight excluding hydrogens is 118 g/mol. The Morgan fingerprint density at radius 1 is 1.62 bits per heavy atom. The number of rotatable bonds is 1. The summed E-state index contributed by atoms with van der Waals surface area (Å²) < 4.78 is 0. The van der Waals surface area contributed by atoms with E-state index >= 15 is 0 Å². The van der Waals surface area contributed by atoms with Crippen LogP contribution in [0.15, 0.2) is 0 Å². The second kappa shape index (κ2) is 1.64. The SMILES string of the molecule is SCC1CNC2CC12. The molecule has 2 heteroatoms. The normalized spacial score (nSPS) is 51.4. The molecule has 46 valence electrons. The van der Waals surface area contributed by atoms with E-state index in [-0.39, 0.29) is 0 Å². The maximum Gasteiger partial charge on any atom is 0.0103 e. The first-order valence-electron chi connectivity index (χ1n) is 3.26. The third kappa shape index (κ3) is 0.594. The summed E-state index contributed by atoms with van der Waals surface area (Å²) in [5.74, 6) is 2.98. The van der Waals surface area contributed by atoms with Crippen molar-refractivity contribution in [2.45, 2.75) is 12.5 Å². The van der Waals surface area contributed by atoms with Crippen LogP contribution in [0.4, 0.5) is 0 Å². The van der Waals surface area contributed by atoms with Gasteiger partial charge in [0, 0.05) is 6.04 Å². The van der Waals surface area contributed by atoms with E-state index in [0.29, 0.717) is 0 Å². The van der Waals surface area contributed by atoms with E-state index < -0.39 is 0 Å². The van der Waals surface area contributed by atoms with Crippen molar-refractivity contribution >= 4 is 12.6 Å². The topological polar surface area (TPSA) is 12.0 Å². The second-order valence-electron chi connectivity index (χ2n) is 2.86. The Bertz CT molecular complexity index is 105. The van der Waals surface area contributed by atoms with Crippen LogP contribution in [-0.2, 0) is 0 Å². The molecule has 3 atom stereocenters. The molecule has 0 bridgehead atoms. The van der Waals surface area contributed by atoms with Crippen LogP contribution in [0.1, 0.15) is 6.42 Å². The lowest BCUT2D eigenvalue weighted by Gasteiger charge is -2.04. The molecule has 1 aliphatic heterocycles. The van der Waals surface area contributed by atoms with Crippen molar-refractivity contribution in [3.8, 4) is 0 Å². The van der Waals surface area contributed by atoms with E-state index in [4.69, 9.17) is 0 Å². The van der Waals surface area contributed by atoms with Gasteiger partial charge in [0.25, 0.3) is 0 Å². The van der Waals surface area contributed by atoms with Gasteiger partial charge < -0.3 is 5.32 Å². The highest BCUT2D eigenvalue weighted by Gasteiger charge is 2.46. The van der Waals surface area contributed by atoms with Gasteiger partial charge in [-0.1, -0.05) is 0 Å². The van der Waals surface area contributed by atoms with Crippen LogP contribution in [0.5, 0.6) is 0 Å². The molecule has 2 rings (SSSR count). The first-order valence-corrected chi connectivity index (χ1v) is 3.89. The maximum atomic E-state index is 4.26. The number of hydrogen-bond acceptors (Lipinski definition) is 2. The van der Waals surface area contributed by atoms with E-state index in [2.05, 4.69) is 17.9 Å². The highest BCUT2D eigenvalue weighted by molar-refractivity contribution is 7.80. The summed E-state index contributed by atoms with van der Waals surface area (Å²) in [6.45, 7) is 1.22. The fraction of sp³-hybridized carbons (Fsp3) is 1.00. The van der Waals surface area contributed by atoms with Crippen molar-refractivity contribution in [3.05, 3.63) is 0 Å². The Balaban J connectivity index is 1.97. The lowest BCUT2D eigenvalue weighted by Crippen LogP contribution is -2.16. The number of fused-ring (bicyclic) bond motifs is 1. The number of nitrogens with one attached hydrogen (secondary N) is 1. The summed E-state index contributed by atoms with van der Waals surface area (Å²) in [5, 5.41) is 3.45. The molecule has 0 aromatic heterocycles. The molecule has 0 aromatic rings. The Kier molecular flexibility index (Phi) is 1.05. The molecule has 1 aliphatic carbocycles. The van der Waals surface area contributed by atoms with E-state index in [9.17, 15) is 0 Å². The van der Waals surface area contributed by atoms with E-state index in [1.807, 2.05) is 0 Å². The first-order chi connectivity index (χ1) is 3.92. The Morgan fingerprint density at radius 2 is 2.50 bits per heavy atom. The van der Waals surface area contributed by atoms with E-state index in [1.54, 1.807) is 0 Å². The number of piperidine rings is 1. The molecule has 2 fully saturated rings. The molecule has 0 aromatic carbocycles. The minimum atomic E-state index is 0.892. The van der Waals surface area contributed by atoms with Crippen molar-refractivity contribution in [1.82, 2.24) is 5.32 Å². The maximum absolute atomic E-state index is 4.26. The Morgan fingerprint density at radius 3 is 2.75 bits per heavy atom. The molecule has 3 unspecified atom stereocenters. The van der Waals surface area contributed by atoms with E-state index in [1.165, 1.54) is 13.0 Å². The predicted octanol–water partition coefficient (Wildman–Crippen LogP) is 0.524. The standard InChI is InChI=1S/C6H11NS/c8-3-4-2-7-6-1-5(4)6/h4-8H,1-3H2. The molecule has 1 saturated heterocycles. The highest BCUT2D eigenvalue weighted by atomic mass is 32.1. The summed E-state index contributed by atoms with van der Waals surface area (Å²) in [5.41, 5.74) is 0. The Hall–Kier alpha value is 0.310. The quantitative estimate of drug-likeness (QED) is 0.492. The van der Waals surface area contributed by atoms with Gasteiger partial charge in [0.1, 0.15) is 0 Å². The highest BCUT2D eigenvalue weighted by Crippen LogP contribution is 2.42. The summed E-state index contributed by atoms with van der Waals surface area (Å²) in [6.07, 6.45) is 1.42. The number of thiol groups is 1. The second-order valence-corrected chi connectivity index (χ2v) is 3.22. The van der Waals surface area contributed by atoms with Crippen LogP contribution >= 0.6 is 12.6 Å². The van der Waals surface area contributed by atoms with Crippen LogP contribution in [0, 0.1) is 11.8 Å². The van der Waals surface area contributed by atoms with Gasteiger partial charge in [-0.15, -0.1) is 0 Å². The van der Waals surface area contributed by atoms with E-state index in [0.717, 1.165) is 23.6 Å². The van der Waals surface area contributed by atoms with Crippen molar-refractivity contribution in [3.63, 3.8) is 0 Å². The zero-order chi connectivity index (χ0) is 5.56. The van der Waals surface area contributed by atoms with Gasteiger partial charge in [0.2, 0.25) is 0 Å². The predicted molar refractivity (Wildman–Crippen MR) is 37.2 cm³/mol. The lowest BCUT2D eigenvalue weighted by atomic mass is 10.1. The zero-order valence-electron chi connectivity index (χ0n) is 4.80. The summed E-state index contributed by atoms with van der Waals surface area (Å²) >= 11 is 4.26. The van der Waals surface area contributed by atoms with Crippen LogP contribution in [-0.4, -0.2) is 18.3 Å². The minimum absolute atomic E-state index is 0.892. The third-order valence-corrected chi connectivity index (χ3v) is 2.79. The molecule has 0 amide bonds. The molecule has 1 nitrogen and oxygen atoms in total. The monoisotopic (exact) mass is 129 g/mol. The fourth-order valence-electron chi connectivity index (χ4n) is 1.62. The van der Waals surface area contributed by atoms with Crippen molar-refractivity contribution in [2.24, 2.45) is 11.8 Å². The lowest BCUT2D eigenvalue weighted by molar-refractivity contribution is 0.565. The first kappa shape index (κ1) is 5.12. The number of hydrogen-bond donors (Lipinski definition) is 2. The molecular formula is C6H11NS. The Labute approximate surface area is 55.3 Å². The molecule has 1 N–H and O–H groups in total. The van der Waals surface area contributed by atoms with Crippen LogP contribution in [0.3, 0.4) is 0 Å². The average Bonchev–Trinajstić information content (AvgIpc) is 2.46. The van der Waals surface area contributed by atoms with Crippen LogP contribution < -0.4 is 5.32 Å². The molecule has 0 radical (unpaired) electrons. The van der Waals surface area contributed by atoms with Gasteiger partial charge >= 0.3 is 0 Å². The molecule has 1 heterocycles. The molecule has 1 saturated carbocycles. The van der Waals surface area contributed by atoms with Gasteiger partial charge in [-0.2, -0.15) is 12.6 Å². The minimum Gasteiger partial charge on any atom is -0.313 e.